The van der Waals surface area contributed by atoms with Crippen LogP contribution in [0.1, 0.15) is 37.0 Å². The van der Waals surface area contributed by atoms with Crippen LogP contribution < -0.4 is 0 Å². The zero-order valence-electron chi connectivity index (χ0n) is 10.3. The summed E-state index contributed by atoms with van der Waals surface area (Å²) in [6.07, 6.45) is 4.41. The monoisotopic (exact) mass is 236 g/mol. The van der Waals surface area contributed by atoms with Crippen LogP contribution in [0.15, 0.2) is 0 Å². The molecule has 0 radical (unpaired) electrons. The molecule has 1 aromatic heterocycles. The molecule has 5 nitrogen and oxygen atoms in total. The van der Waals surface area contributed by atoms with E-state index in [0.29, 0.717) is 12.0 Å². The standard InChI is InChI=1S/C12H20N4O/c1-15-6-2-3-10(15)12-14-13-11-5-4-9(8-17)7-16(11)12/h9-10,17H,2-8H2,1H3. The van der Waals surface area contributed by atoms with E-state index in [1.54, 1.807) is 0 Å². The molecule has 2 aliphatic heterocycles. The van der Waals surface area contributed by atoms with Gasteiger partial charge in [0.25, 0.3) is 0 Å². The third-order valence-corrected chi connectivity index (χ3v) is 4.15. The SMILES string of the molecule is CN1CCCC1c1nnc2n1CC(CO)CC2. The molecule has 3 rings (SSSR count). The van der Waals surface area contributed by atoms with Gasteiger partial charge in [0, 0.05) is 25.5 Å². The van der Waals surface area contributed by atoms with Gasteiger partial charge >= 0.3 is 0 Å². The van der Waals surface area contributed by atoms with Crippen LogP contribution in [0.5, 0.6) is 0 Å². The number of likely N-dealkylation sites (tertiary alicyclic amines) is 1. The Kier molecular flexibility index (Phi) is 2.88. The van der Waals surface area contributed by atoms with Crippen molar-refractivity contribution >= 4 is 0 Å². The smallest absolute Gasteiger partial charge is 0.150 e. The van der Waals surface area contributed by atoms with Gasteiger partial charge < -0.3 is 9.67 Å². The summed E-state index contributed by atoms with van der Waals surface area (Å²) in [5, 5.41) is 18.0. The molecule has 3 heterocycles. The van der Waals surface area contributed by atoms with E-state index in [9.17, 15) is 5.11 Å². The van der Waals surface area contributed by atoms with Crippen LogP contribution in [-0.2, 0) is 13.0 Å². The van der Waals surface area contributed by atoms with Crippen molar-refractivity contribution in [3.05, 3.63) is 11.6 Å². The van der Waals surface area contributed by atoms with E-state index in [1.807, 2.05) is 0 Å². The zero-order valence-corrected chi connectivity index (χ0v) is 10.3. The second-order valence-electron chi connectivity index (χ2n) is 5.31. The van der Waals surface area contributed by atoms with Crippen LogP contribution in [0.4, 0.5) is 0 Å². The zero-order chi connectivity index (χ0) is 11.8. The maximum Gasteiger partial charge on any atom is 0.150 e. The molecule has 17 heavy (non-hydrogen) atoms. The first-order valence-corrected chi connectivity index (χ1v) is 6.52. The summed E-state index contributed by atoms with van der Waals surface area (Å²) in [6.45, 7) is 2.31. The van der Waals surface area contributed by atoms with Gasteiger partial charge in [0.2, 0.25) is 0 Å². The molecule has 0 saturated carbocycles. The Bertz CT molecular complexity index is 403. The summed E-state index contributed by atoms with van der Waals surface area (Å²) in [4.78, 5) is 2.36. The van der Waals surface area contributed by atoms with E-state index in [2.05, 4.69) is 26.7 Å². The number of nitrogens with zero attached hydrogens (tertiary/aromatic N) is 4. The Morgan fingerprint density at radius 1 is 1.35 bits per heavy atom. The van der Waals surface area contributed by atoms with E-state index in [1.165, 1.54) is 12.8 Å². The molecule has 94 valence electrons. The molecule has 2 aliphatic rings. The predicted octanol–water partition coefficient (Wildman–Crippen LogP) is 0.599. The molecule has 1 fully saturated rings. The largest absolute Gasteiger partial charge is 0.396 e. The average molecular weight is 236 g/mol. The van der Waals surface area contributed by atoms with Crippen LogP contribution in [0.25, 0.3) is 0 Å². The fraction of sp³-hybridized carbons (Fsp3) is 0.833. The summed E-state index contributed by atoms with van der Waals surface area (Å²) in [7, 11) is 2.16. The summed E-state index contributed by atoms with van der Waals surface area (Å²) in [5.74, 6) is 2.59. The molecule has 2 atom stereocenters. The molecule has 0 aliphatic carbocycles. The van der Waals surface area contributed by atoms with Crippen molar-refractivity contribution in [1.29, 1.82) is 0 Å². The van der Waals surface area contributed by atoms with Crippen molar-refractivity contribution in [3.8, 4) is 0 Å². The van der Waals surface area contributed by atoms with Crippen molar-refractivity contribution < 1.29 is 5.11 Å². The summed E-state index contributed by atoms with van der Waals surface area (Å²) < 4.78 is 2.25. The summed E-state index contributed by atoms with van der Waals surface area (Å²) in [6, 6.07) is 0.425. The number of hydrogen-bond acceptors (Lipinski definition) is 4. The van der Waals surface area contributed by atoms with Crippen molar-refractivity contribution in [1.82, 2.24) is 19.7 Å². The quantitative estimate of drug-likeness (QED) is 0.817. The normalized spacial score (nSPS) is 29.5. The molecule has 1 saturated heterocycles. The molecule has 2 unspecified atom stereocenters. The molecule has 1 aromatic rings. The van der Waals surface area contributed by atoms with Gasteiger partial charge in [-0.3, -0.25) is 4.90 Å². The molecule has 0 amide bonds. The van der Waals surface area contributed by atoms with Gasteiger partial charge in [-0.05, 0) is 32.9 Å². The third-order valence-electron chi connectivity index (χ3n) is 4.15. The molecule has 0 aromatic carbocycles. The van der Waals surface area contributed by atoms with Gasteiger partial charge in [0.1, 0.15) is 11.6 Å². The number of aryl methyl sites for hydroxylation is 1. The second kappa shape index (κ2) is 4.38. The highest BCUT2D eigenvalue weighted by Crippen LogP contribution is 2.31. The van der Waals surface area contributed by atoms with Gasteiger partial charge in [-0.2, -0.15) is 0 Å². The van der Waals surface area contributed by atoms with Gasteiger partial charge in [-0.1, -0.05) is 0 Å². The maximum atomic E-state index is 9.30. The minimum atomic E-state index is 0.275. The number of aliphatic hydroxyl groups excluding tert-OH is 1. The maximum absolute atomic E-state index is 9.30. The van der Waals surface area contributed by atoms with Crippen LogP contribution in [-0.4, -0.2) is 45.0 Å². The van der Waals surface area contributed by atoms with E-state index in [0.717, 1.165) is 37.6 Å². The van der Waals surface area contributed by atoms with Crippen molar-refractivity contribution in [2.24, 2.45) is 5.92 Å². The second-order valence-corrected chi connectivity index (χ2v) is 5.31. The third kappa shape index (κ3) is 1.87. The molecular formula is C12H20N4O. The molecular weight excluding hydrogens is 216 g/mol. The molecule has 1 N–H and O–H groups in total. The average Bonchev–Trinajstić information content (AvgIpc) is 2.94. The predicted molar refractivity (Wildman–Crippen MR) is 63.5 cm³/mol. The minimum Gasteiger partial charge on any atom is -0.396 e. The van der Waals surface area contributed by atoms with Crippen LogP contribution in [0, 0.1) is 5.92 Å². The first kappa shape index (κ1) is 11.2. The number of hydrogen-bond donors (Lipinski definition) is 1. The van der Waals surface area contributed by atoms with Crippen LogP contribution in [0.3, 0.4) is 0 Å². The van der Waals surface area contributed by atoms with Gasteiger partial charge in [-0.25, -0.2) is 0 Å². The Morgan fingerprint density at radius 3 is 2.94 bits per heavy atom. The lowest BCUT2D eigenvalue weighted by Gasteiger charge is -2.25. The Balaban J connectivity index is 1.89. The first-order chi connectivity index (χ1) is 8.29. The van der Waals surface area contributed by atoms with E-state index >= 15 is 0 Å². The minimum absolute atomic E-state index is 0.275. The van der Waals surface area contributed by atoms with Gasteiger partial charge in [-0.15, -0.1) is 10.2 Å². The lowest BCUT2D eigenvalue weighted by Crippen LogP contribution is -2.27. The number of aromatic nitrogens is 3. The lowest BCUT2D eigenvalue weighted by atomic mass is 10.00. The van der Waals surface area contributed by atoms with E-state index in [-0.39, 0.29) is 6.61 Å². The summed E-state index contributed by atoms with van der Waals surface area (Å²) >= 11 is 0. The number of rotatable bonds is 2. The Labute approximate surface area is 101 Å². The topological polar surface area (TPSA) is 54.2 Å². The van der Waals surface area contributed by atoms with Crippen molar-refractivity contribution in [2.75, 3.05) is 20.2 Å². The van der Waals surface area contributed by atoms with Gasteiger partial charge in [0.15, 0.2) is 0 Å². The Morgan fingerprint density at radius 2 is 2.24 bits per heavy atom. The highest BCUT2D eigenvalue weighted by molar-refractivity contribution is 5.06. The fourth-order valence-corrected chi connectivity index (χ4v) is 3.05. The molecule has 5 heteroatoms. The van der Waals surface area contributed by atoms with E-state index < -0.39 is 0 Å². The molecule has 0 spiro atoms. The highest BCUT2D eigenvalue weighted by Gasteiger charge is 2.30. The molecule has 0 bridgehead atoms. The van der Waals surface area contributed by atoms with Crippen molar-refractivity contribution in [2.45, 2.75) is 38.3 Å². The number of fused-ring (bicyclic) bond motifs is 1. The van der Waals surface area contributed by atoms with E-state index in [4.69, 9.17) is 0 Å². The Hall–Kier alpha value is -0.940. The van der Waals surface area contributed by atoms with Crippen LogP contribution in [0.2, 0.25) is 0 Å². The van der Waals surface area contributed by atoms with Crippen LogP contribution >= 0.6 is 0 Å². The van der Waals surface area contributed by atoms with Gasteiger partial charge in [0.05, 0.1) is 6.04 Å². The first-order valence-electron chi connectivity index (χ1n) is 6.52. The number of aliphatic hydroxyl groups is 1. The highest BCUT2D eigenvalue weighted by atomic mass is 16.3. The lowest BCUT2D eigenvalue weighted by molar-refractivity contribution is 0.185. The summed E-state index contributed by atoms with van der Waals surface area (Å²) in [5.41, 5.74) is 0. The fourth-order valence-electron chi connectivity index (χ4n) is 3.05. The van der Waals surface area contributed by atoms with Crippen molar-refractivity contribution in [3.63, 3.8) is 0 Å².